The third-order valence-corrected chi connectivity index (χ3v) is 4.68. The van der Waals surface area contributed by atoms with E-state index in [-0.39, 0.29) is 12.2 Å². The standard InChI is InChI=1S/C22H17NO4/c24-21(25)14-8-10-17(11-9-14)23-22(26)27-13-16-5-3-7-19-18-6-2-1-4-15(18)12-20(16)19/h1-11H,12-13H2,(H,23,26)(H,24,25). The normalized spacial score (nSPS) is 11.4. The summed E-state index contributed by atoms with van der Waals surface area (Å²) in [4.78, 5) is 22.9. The van der Waals surface area contributed by atoms with E-state index >= 15 is 0 Å². The van der Waals surface area contributed by atoms with Crippen LogP contribution in [0.3, 0.4) is 0 Å². The highest BCUT2D eigenvalue weighted by atomic mass is 16.5. The monoisotopic (exact) mass is 359 g/mol. The van der Waals surface area contributed by atoms with Crippen LogP contribution in [0, 0.1) is 0 Å². The third-order valence-electron chi connectivity index (χ3n) is 4.68. The van der Waals surface area contributed by atoms with Crippen LogP contribution in [-0.4, -0.2) is 17.2 Å². The molecule has 0 aliphatic heterocycles. The molecular formula is C22H17NO4. The van der Waals surface area contributed by atoms with Crippen LogP contribution in [0.4, 0.5) is 10.5 Å². The summed E-state index contributed by atoms with van der Waals surface area (Å²) in [7, 11) is 0. The van der Waals surface area contributed by atoms with Gasteiger partial charge in [0.05, 0.1) is 5.56 Å². The van der Waals surface area contributed by atoms with Gasteiger partial charge < -0.3 is 9.84 Å². The maximum absolute atomic E-state index is 12.1. The number of hydrogen-bond donors (Lipinski definition) is 2. The molecule has 0 fully saturated rings. The highest BCUT2D eigenvalue weighted by Gasteiger charge is 2.20. The molecule has 134 valence electrons. The van der Waals surface area contributed by atoms with Crippen molar-refractivity contribution < 1.29 is 19.4 Å². The molecule has 4 rings (SSSR count). The summed E-state index contributed by atoms with van der Waals surface area (Å²) >= 11 is 0. The molecule has 2 N–H and O–H groups in total. The van der Waals surface area contributed by atoms with Gasteiger partial charge in [0.2, 0.25) is 0 Å². The van der Waals surface area contributed by atoms with E-state index in [9.17, 15) is 9.59 Å². The minimum absolute atomic E-state index is 0.160. The van der Waals surface area contributed by atoms with Crippen molar-refractivity contribution in [1.29, 1.82) is 0 Å². The number of carboxylic acid groups (broad SMARTS) is 1. The summed E-state index contributed by atoms with van der Waals surface area (Å²) in [6.45, 7) is 0.177. The Morgan fingerprint density at radius 3 is 2.44 bits per heavy atom. The molecule has 0 saturated heterocycles. The summed E-state index contributed by atoms with van der Waals surface area (Å²) in [6.07, 6.45) is 0.259. The number of benzene rings is 3. The van der Waals surface area contributed by atoms with E-state index in [0.717, 1.165) is 12.0 Å². The van der Waals surface area contributed by atoms with Gasteiger partial charge in [-0.25, -0.2) is 9.59 Å². The van der Waals surface area contributed by atoms with Crippen LogP contribution in [0.5, 0.6) is 0 Å². The number of aromatic carboxylic acids is 1. The number of anilines is 1. The van der Waals surface area contributed by atoms with Crippen LogP contribution in [-0.2, 0) is 17.8 Å². The van der Waals surface area contributed by atoms with Gasteiger partial charge in [-0.1, -0.05) is 42.5 Å². The van der Waals surface area contributed by atoms with Gasteiger partial charge in [0, 0.05) is 5.69 Å². The van der Waals surface area contributed by atoms with Gasteiger partial charge in [0.1, 0.15) is 6.61 Å². The fourth-order valence-corrected chi connectivity index (χ4v) is 3.35. The zero-order chi connectivity index (χ0) is 18.8. The first-order chi connectivity index (χ1) is 13.1. The van der Waals surface area contributed by atoms with Gasteiger partial charge in [-0.3, -0.25) is 5.32 Å². The van der Waals surface area contributed by atoms with E-state index in [4.69, 9.17) is 9.84 Å². The predicted molar refractivity (Wildman–Crippen MR) is 102 cm³/mol. The molecule has 0 radical (unpaired) electrons. The first kappa shape index (κ1) is 16.8. The summed E-state index contributed by atoms with van der Waals surface area (Å²) in [5, 5.41) is 11.5. The lowest BCUT2D eigenvalue weighted by atomic mass is 10.0. The molecule has 27 heavy (non-hydrogen) atoms. The quantitative estimate of drug-likeness (QED) is 0.553. The number of nitrogens with one attached hydrogen (secondary N) is 1. The van der Waals surface area contributed by atoms with Gasteiger partial charge in [-0.15, -0.1) is 0 Å². The number of carbonyl (C=O) groups excluding carboxylic acids is 1. The lowest BCUT2D eigenvalue weighted by Gasteiger charge is -2.10. The van der Waals surface area contributed by atoms with Crippen LogP contribution < -0.4 is 5.32 Å². The maximum Gasteiger partial charge on any atom is 0.411 e. The van der Waals surface area contributed by atoms with E-state index in [1.807, 2.05) is 24.3 Å². The molecule has 3 aromatic rings. The molecule has 5 heteroatoms. The Labute approximate surface area is 156 Å². The van der Waals surface area contributed by atoms with Gasteiger partial charge in [-0.05, 0) is 58.5 Å². The number of carbonyl (C=O) groups is 2. The molecule has 0 saturated carbocycles. The minimum atomic E-state index is -1.01. The number of fused-ring (bicyclic) bond motifs is 3. The second-order valence-corrected chi connectivity index (χ2v) is 6.36. The van der Waals surface area contributed by atoms with Crippen molar-refractivity contribution in [1.82, 2.24) is 0 Å². The molecule has 0 atom stereocenters. The van der Waals surface area contributed by atoms with Crippen molar-refractivity contribution in [3.05, 3.63) is 89.0 Å². The highest BCUT2D eigenvalue weighted by molar-refractivity contribution is 5.89. The Hall–Kier alpha value is -3.60. The average Bonchev–Trinajstić information content (AvgIpc) is 3.06. The molecule has 5 nitrogen and oxygen atoms in total. The van der Waals surface area contributed by atoms with E-state index in [1.165, 1.54) is 46.5 Å². The van der Waals surface area contributed by atoms with Crippen LogP contribution in [0.25, 0.3) is 11.1 Å². The van der Waals surface area contributed by atoms with E-state index < -0.39 is 12.1 Å². The fourth-order valence-electron chi connectivity index (χ4n) is 3.35. The number of ether oxygens (including phenoxy) is 1. The topological polar surface area (TPSA) is 75.6 Å². The largest absolute Gasteiger partial charge is 0.478 e. The highest BCUT2D eigenvalue weighted by Crippen LogP contribution is 2.38. The molecule has 1 aliphatic rings. The van der Waals surface area contributed by atoms with E-state index in [2.05, 4.69) is 23.5 Å². The molecule has 0 spiro atoms. The smallest absolute Gasteiger partial charge is 0.411 e. The summed E-state index contributed by atoms with van der Waals surface area (Å²) in [5.41, 5.74) is 6.53. The van der Waals surface area contributed by atoms with E-state index in [1.54, 1.807) is 0 Å². The minimum Gasteiger partial charge on any atom is -0.478 e. The number of hydrogen-bond acceptors (Lipinski definition) is 3. The summed E-state index contributed by atoms with van der Waals surface area (Å²) < 4.78 is 5.37. The van der Waals surface area contributed by atoms with Crippen molar-refractivity contribution >= 4 is 17.7 Å². The van der Waals surface area contributed by atoms with Crippen molar-refractivity contribution in [2.75, 3.05) is 5.32 Å². The predicted octanol–water partition coefficient (Wildman–Crippen LogP) is 4.70. The molecular weight excluding hydrogens is 342 g/mol. The Kier molecular flexibility index (Phi) is 4.34. The van der Waals surface area contributed by atoms with Crippen molar-refractivity contribution in [2.24, 2.45) is 0 Å². The van der Waals surface area contributed by atoms with Crippen molar-refractivity contribution in [2.45, 2.75) is 13.0 Å². The Morgan fingerprint density at radius 1 is 0.926 bits per heavy atom. The molecule has 1 amide bonds. The summed E-state index contributed by atoms with van der Waals surface area (Å²) in [5.74, 6) is -1.01. The zero-order valence-corrected chi connectivity index (χ0v) is 14.4. The molecule has 1 aliphatic carbocycles. The number of amides is 1. The first-order valence-electron chi connectivity index (χ1n) is 8.58. The average molecular weight is 359 g/mol. The lowest BCUT2D eigenvalue weighted by Crippen LogP contribution is -2.14. The van der Waals surface area contributed by atoms with Crippen LogP contribution in [0.1, 0.15) is 27.0 Å². The fraction of sp³-hybridized carbons (Fsp3) is 0.0909. The van der Waals surface area contributed by atoms with Crippen LogP contribution in [0.15, 0.2) is 66.7 Å². The van der Waals surface area contributed by atoms with Gasteiger partial charge in [-0.2, -0.15) is 0 Å². The van der Waals surface area contributed by atoms with Crippen LogP contribution >= 0.6 is 0 Å². The molecule has 3 aromatic carbocycles. The summed E-state index contributed by atoms with van der Waals surface area (Å²) in [6, 6.07) is 20.2. The SMILES string of the molecule is O=C(Nc1ccc(C(=O)O)cc1)OCc1cccc2c1Cc1ccccc1-2. The van der Waals surface area contributed by atoms with Gasteiger partial charge in [0.15, 0.2) is 0 Å². The molecule has 0 aromatic heterocycles. The molecule has 0 heterocycles. The molecule has 0 unspecified atom stereocenters. The number of carboxylic acids is 1. The third kappa shape index (κ3) is 3.40. The maximum atomic E-state index is 12.1. The van der Waals surface area contributed by atoms with Crippen LogP contribution in [0.2, 0.25) is 0 Å². The second-order valence-electron chi connectivity index (χ2n) is 6.36. The zero-order valence-electron chi connectivity index (χ0n) is 14.4. The Bertz CT molecular complexity index is 1020. The lowest BCUT2D eigenvalue weighted by molar-refractivity contribution is 0.0697. The van der Waals surface area contributed by atoms with Crippen molar-refractivity contribution in [3.8, 4) is 11.1 Å². The van der Waals surface area contributed by atoms with Gasteiger partial charge in [0.25, 0.3) is 0 Å². The Balaban J connectivity index is 1.42. The van der Waals surface area contributed by atoms with Crippen molar-refractivity contribution in [3.63, 3.8) is 0 Å². The first-order valence-corrected chi connectivity index (χ1v) is 8.58. The van der Waals surface area contributed by atoms with E-state index in [0.29, 0.717) is 5.69 Å². The second kappa shape index (κ2) is 6.96. The Morgan fingerprint density at radius 2 is 1.67 bits per heavy atom. The molecule has 0 bridgehead atoms. The van der Waals surface area contributed by atoms with Gasteiger partial charge >= 0.3 is 12.1 Å². The number of rotatable bonds is 4.